The number of nitrogens with zero attached hydrogens (tertiary/aromatic N) is 19. The second-order valence-electron chi connectivity index (χ2n) is 39.1. The molecule has 4 saturated heterocycles. The minimum atomic E-state index is -4.33. The van der Waals surface area contributed by atoms with Gasteiger partial charge in [0, 0.05) is 103 Å². The van der Waals surface area contributed by atoms with Crippen molar-refractivity contribution in [2.45, 2.75) is 282 Å². The Labute approximate surface area is 796 Å². The topological polar surface area (TPSA) is 439 Å². The minimum Gasteiger partial charge on any atom is -0.490 e. The smallest absolute Gasteiger partial charge is 0.391 e. The fraction of sp³-hybridized carbons (Fsp3) is 0.566. The van der Waals surface area contributed by atoms with Gasteiger partial charge in [0.2, 0.25) is 5.91 Å². The number of amides is 1. The molecule has 139 heavy (non-hydrogen) atoms. The number of aromatic nitrogens is 24. The van der Waals surface area contributed by atoms with Crippen LogP contribution in [0, 0.1) is 29.5 Å². The summed E-state index contributed by atoms with van der Waals surface area (Å²) in [5.74, 6) is 4.49. The van der Waals surface area contributed by atoms with E-state index in [0.717, 1.165) is 155 Å². The van der Waals surface area contributed by atoms with Gasteiger partial charge in [0.1, 0.15) is 84.9 Å². The normalized spacial score (nSPS) is 19.1. The molecule has 1 amide bonds. The van der Waals surface area contributed by atoms with Crippen molar-refractivity contribution in [2.24, 2.45) is 23.7 Å². The largest absolute Gasteiger partial charge is 0.490 e. The van der Waals surface area contributed by atoms with Gasteiger partial charge >= 0.3 is 6.18 Å². The Morgan fingerprint density at radius 1 is 0.396 bits per heavy atom. The van der Waals surface area contributed by atoms with Gasteiger partial charge in [0.25, 0.3) is 33.4 Å². The highest BCUT2D eigenvalue weighted by Crippen LogP contribution is 2.37. The van der Waals surface area contributed by atoms with Gasteiger partial charge in [-0.2, -0.15) is 43.8 Å². The first kappa shape index (κ1) is 96.7. The number of hydrogen-bond acceptors (Lipinski definition) is 23. The predicted molar refractivity (Wildman–Crippen MR) is 513 cm³/mol. The van der Waals surface area contributed by atoms with Crippen LogP contribution in [0.3, 0.4) is 0 Å². The van der Waals surface area contributed by atoms with Crippen molar-refractivity contribution in [1.82, 2.24) is 123 Å². The number of nitrogens with one attached hydrogen (secondary N) is 6. The van der Waals surface area contributed by atoms with Gasteiger partial charge in [-0.05, 0) is 106 Å². The number of alkyl halides is 3. The first-order valence-corrected chi connectivity index (χ1v) is 49.7. The van der Waals surface area contributed by atoms with E-state index >= 15 is 0 Å². The number of carbonyl (C=O) groups excluding carboxylic acids is 1. The van der Waals surface area contributed by atoms with E-state index in [9.17, 15) is 51.1 Å². The van der Waals surface area contributed by atoms with Crippen LogP contribution in [-0.2, 0) is 57.5 Å². The first-order chi connectivity index (χ1) is 67.4. The summed E-state index contributed by atoms with van der Waals surface area (Å²) in [7, 11) is 0. The number of H-pyrrole nitrogens is 6. The van der Waals surface area contributed by atoms with Gasteiger partial charge in [-0.15, -0.1) is 0 Å². The molecule has 5 aliphatic carbocycles. The van der Waals surface area contributed by atoms with Crippen LogP contribution in [0.25, 0.3) is 66.2 Å². The highest BCUT2D eigenvalue weighted by molar-refractivity contribution is 5.77. The number of ether oxygens (including phenoxy) is 4. The molecule has 40 heteroatoms. The summed E-state index contributed by atoms with van der Waals surface area (Å²) in [5, 5.41) is 29.3. The van der Waals surface area contributed by atoms with Crippen LogP contribution < -0.4 is 38.1 Å². The van der Waals surface area contributed by atoms with E-state index in [2.05, 4.69) is 89.3 Å². The molecule has 3 atom stereocenters. The molecule has 0 radical (unpaired) electrons. The Bertz CT molecular complexity index is 6950. The molecule has 16 heterocycles. The third kappa shape index (κ3) is 23.1. The van der Waals surface area contributed by atoms with Crippen molar-refractivity contribution in [1.29, 1.82) is 0 Å². The highest BCUT2D eigenvalue weighted by atomic mass is 19.4. The number of rotatable bonds is 20. The summed E-state index contributed by atoms with van der Waals surface area (Å²) in [6, 6.07) is 15.5. The van der Waals surface area contributed by atoms with Crippen LogP contribution in [0.5, 0.6) is 5.75 Å². The number of piperidine rings is 1. The zero-order valence-electron chi connectivity index (χ0n) is 79.2. The first-order valence-electron chi connectivity index (χ1n) is 49.7. The van der Waals surface area contributed by atoms with E-state index in [1.165, 1.54) is 108 Å². The van der Waals surface area contributed by atoms with E-state index in [-0.39, 0.29) is 81.4 Å². The Morgan fingerprint density at radius 2 is 0.734 bits per heavy atom. The zero-order valence-corrected chi connectivity index (χ0v) is 79.2. The molecule has 14 aromatic rings. The lowest BCUT2D eigenvalue weighted by molar-refractivity contribution is -0.169. The quantitative estimate of drug-likeness (QED) is 0.0386. The SMILES string of the molecule is CC(=O)N1CCC(Oc2ccccc2Cc2nc3c(cnn3C3CCOCC3)c(=O)[nH]2)CC1.CC(C)Cc1nc2c(cnn2C2CCCC2)c(=O)[nH]1.CC(Cc1nc2c(cnn2C2CCOC2)c(=O)[nH]1)C(F)(F)F.O=c1[nH]c(CC2CCC2)nc2c1cnn2C1CCCC1.O=c1[nH]c(CC2CCCCC2)nc2c1cnn2C1CCCC1.O=c1[nH]c(Cc2ccc(F)cc2)nc2c1cnn2C1CCOC1. The molecule has 9 fully saturated rings. The summed E-state index contributed by atoms with van der Waals surface area (Å²) in [6.45, 7) is 12.0. The standard InChI is InChI=1S/C24H29N5O4.C17H24N4O.C16H15FN4O2.C15H20N4O.C14H20N4O.C13H15F3N4O2/c1-16(30)28-10-6-19(7-11-28)33-21-5-3-2-4-17(21)14-22-26-23-20(24(31)27-22)15-25-29(23)18-8-12-32-13-9-18;22-17-14-11-18-21(13-8-4-5-9-13)16(14)19-15(20-17)10-12-6-2-1-3-7-12;17-11-3-1-10(2-4-11)7-14-19-15-13(16(22)20-14)8-18-21(15)12-5-6-23-9-12;20-15-12-9-16-19(11-6-1-2-7-11)14(12)17-13(18-15)8-10-4-3-5-10;1-9(2)7-12-16-13-11(14(19)17-12)8-15-18(13)10-5-3-4-6-10;1-7(13(14,15)16)4-10-18-11-9(12(21)19-10)5-17-20(11)8-2-3-22-6-8/h2-5,15,18-19H,6-14H2,1H3,(H,26,27,31);11-13H,1-10H2,(H,19,20,22);1-4,8,12H,5-7,9H2,(H,19,20,22);9-11H,1-8H2,(H,17,18,20);8-10H,3-7H2,1-2H3,(H,16,17,19);5,7-8H,2-4,6H2,1H3,(H,18,19,21). The molecule has 5 saturated carbocycles. The highest BCUT2D eigenvalue weighted by Gasteiger charge is 2.38. The lowest BCUT2D eigenvalue weighted by Crippen LogP contribution is -2.40. The molecule has 23 rings (SSSR count). The van der Waals surface area contributed by atoms with Crippen LogP contribution in [0.4, 0.5) is 17.6 Å². The van der Waals surface area contributed by atoms with Crippen LogP contribution in [0.15, 0.2) is 114 Å². The maximum atomic E-state index is 13.0. The second-order valence-corrected chi connectivity index (χ2v) is 39.1. The predicted octanol–water partition coefficient (Wildman–Crippen LogP) is 14.5. The molecule has 6 N–H and O–H groups in total. The second kappa shape index (κ2) is 43.8. The summed E-state index contributed by atoms with van der Waals surface area (Å²) in [5.41, 5.74) is 4.69. The molecule has 0 bridgehead atoms. The molecule has 738 valence electrons. The number of carbonyl (C=O) groups is 1. The Kier molecular flexibility index (Phi) is 30.5. The molecule has 3 unspecified atom stereocenters. The number of benzene rings is 2. The number of halogens is 4. The van der Waals surface area contributed by atoms with E-state index < -0.39 is 17.7 Å². The third-order valence-electron chi connectivity index (χ3n) is 28.5. The summed E-state index contributed by atoms with van der Waals surface area (Å²) < 4.78 is 84.6. The number of aromatic amines is 6. The van der Waals surface area contributed by atoms with Gasteiger partial charge in [-0.1, -0.05) is 141 Å². The maximum absolute atomic E-state index is 13.0. The Hall–Kier alpha value is -12.6. The lowest BCUT2D eigenvalue weighted by Gasteiger charge is -2.31. The average molecular weight is 1920 g/mol. The Morgan fingerprint density at radius 3 is 1.12 bits per heavy atom. The molecule has 2 aromatic carbocycles. The maximum Gasteiger partial charge on any atom is 0.391 e. The lowest BCUT2D eigenvalue weighted by atomic mass is 9.83. The summed E-state index contributed by atoms with van der Waals surface area (Å²) in [6.07, 6.45) is 38.1. The number of likely N-dealkylation sites (tertiary alicyclic amines) is 1. The Balaban J connectivity index is 0.000000112. The summed E-state index contributed by atoms with van der Waals surface area (Å²) >= 11 is 0. The molecule has 4 aliphatic heterocycles. The van der Waals surface area contributed by atoms with Crippen LogP contribution in [0.1, 0.15) is 277 Å². The molecule has 9 aliphatic rings. The monoisotopic (exact) mass is 1910 g/mol. The van der Waals surface area contributed by atoms with Crippen molar-refractivity contribution in [3.63, 3.8) is 0 Å². The molecular weight excluding hydrogens is 1790 g/mol. The van der Waals surface area contributed by atoms with Crippen LogP contribution >= 0.6 is 0 Å². The molecule has 36 nitrogen and oxygen atoms in total. The van der Waals surface area contributed by atoms with Crippen LogP contribution in [0.2, 0.25) is 0 Å². The van der Waals surface area contributed by atoms with Crippen molar-refractivity contribution < 1.29 is 41.3 Å². The number of para-hydroxylation sites is 1. The zero-order chi connectivity index (χ0) is 96.4. The van der Waals surface area contributed by atoms with Crippen molar-refractivity contribution >= 4 is 72.1 Å². The van der Waals surface area contributed by atoms with Gasteiger partial charge in [-0.3, -0.25) is 33.6 Å². The third-order valence-corrected chi connectivity index (χ3v) is 28.5. The number of hydrogen-bond donors (Lipinski definition) is 6. The fourth-order valence-electron chi connectivity index (χ4n) is 20.5. The van der Waals surface area contributed by atoms with Gasteiger partial charge in [-0.25, -0.2) is 62.4 Å². The van der Waals surface area contributed by atoms with Crippen LogP contribution in [-0.4, -0.2) is 194 Å². The van der Waals surface area contributed by atoms with Crippen molar-refractivity contribution in [3.05, 3.63) is 200 Å². The molecule has 12 aromatic heterocycles. The average Bonchev–Trinajstić information content (AvgIpc) is 1.60. The van der Waals surface area contributed by atoms with Crippen molar-refractivity contribution in [3.8, 4) is 5.75 Å². The minimum absolute atomic E-state index is 0.0167. The molecular formula is C99H123F4N25O11. The van der Waals surface area contributed by atoms with E-state index in [4.69, 9.17) is 33.9 Å². The van der Waals surface area contributed by atoms with E-state index in [1.807, 2.05) is 47.9 Å². The van der Waals surface area contributed by atoms with E-state index in [0.29, 0.717) is 157 Å². The fourth-order valence-corrected chi connectivity index (χ4v) is 20.5. The van der Waals surface area contributed by atoms with Gasteiger partial charge in [0.15, 0.2) is 33.9 Å². The van der Waals surface area contributed by atoms with Gasteiger partial charge in [0.05, 0.1) is 92.6 Å². The molecule has 0 spiro atoms. The van der Waals surface area contributed by atoms with Gasteiger partial charge < -0.3 is 53.8 Å². The van der Waals surface area contributed by atoms with Crippen molar-refractivity contribution in [2.75, 3.05) is 52.7 Å². The number of fused-ring (bicyclic) bond motifs is 6. The van der Waals surface area contributed by atoms with E-state index in [1.54, 1.807) is 59.4 Å². The summed E-state index contributed by atoms with van der Waals surface area (Å²) in [4.78, 5) is 131.